The first-order valence-corrected chi connectivity index (χ1v) is 14.9. The van der Waals surface area contributed by atoms with E-state index >= 15 is 4.39 Å². The number of carbonyl (C=O) groups is 1. The predicted octanol–water partition coefficient (Wildman–Crippen LogP) is 4.48. The Kier molecular flexibility index (Phi) is 6.53. The van der Waals surface area contributed by atoms with Gasteiger partial charge in [-0.15, -0.1) is 0 Å². The van der Waals surface area contributed by atoms with E-state index in [0.717, 1.165) is 56.6 Å². The minimum Gasteiger partial charge on any atom is -0.339 e. The van der Waals surface area contributed by atoms with E-state index in [-0.39, 0.29) is 11.5 Å². The van der Waals surface area contributed by atoms with Gasteiger partial charge >= 0.3 is 0 Å². The Morgan fingerprint density at radius 3 is 2.64 bits per heavy atom. The molecular weight excluding hydrogens is 533 g/mol. The normalized spacial score (nSPS) is 16.8. The van der Waals surface area contributed by atoms with Crippen molar-refractivity contribution >= 4 is 23.1 Å². The van der Waals surface area contributed by atoms with Crippen LogP contribution < -0.4 is 15.8 Å². The van der Waals surface area contributed by atoms with Crippen LogP contribution in [0.25, 0.3) is 11.1 Å². The molecule has 1 aliphatic carbocycles. The van der Waals surface area contributed by atoms with Gasteiger partial charge in [-0.2, -0.15) is 5.10 Å². The van der Waals surface area contributed by atoms with Gasteiger partial charge < -0.3 is 19.4 Å². The molecule has 5 heterocycles. The van der Waals surface area contributed by atoms with Crippen molar-refractivity contribution in [3.8, 4) is 11.1 Å². The van der Waals surface area contributed by atoms with Crippen LogP contribution in [0.3, 0.4) is 0 Å². The van der Waals surface area contributed by atoms with Gasteiger partial charge in [0.2, 0.25) is 0 Å². The van der Waals surface area contributed by atoms with Crippen molar-refractivity contribution in [3.63, 3.8) is 0 Å². The van der Waals surface area contributed by atoms with E-state index in [2.05, 4.69) is 26.9 Å². The van der Waals surface area contributed by atoms with E-state index in [1.54, 1.807) is 24.2 Å². The number of fused-ring (bicyclic) bond motifs is 4. The number of benzene rings is 1. The van der Waals surface area contributed by atoms with Gasteiger partial charge in [-0.1, -0.05) is 6.92 Å². The summed E-state index contributed by atoms with van der Waals surface area (Å²) in [6.07, 6.45) is 6.65. The van der Waals surface area contributed by atoms with Crippen LogP contribution in [0.5, 0.6) is 0 Å². The van der Waals surface area contributed by atoms with Crippen LogP contribution in [-0.4, -0.2) is 49.9 Å². The number of likely N-dealkylation sites (N-methyl/N-ethyl adjacent to an activating group) is 1. The van der Waals surface area contributed by atoms with E-state index in [9.17, 15) is 9.59 Å². The van der Waals surface area contributed by atoms with Crippen LogP contribution in [-0.2, 0) is 45.9 Å². The minimum atomic E-state index is -0.417. The van der Waals surface area contributed by atoms with Gasteiger partial charge in [-0.3, -0.25) is 19.2 Å². The third-order valence-corrected chi connectivity index (χ3v) is 9.00. The molecule has 0 radical (unpaired) electrons. The summed E-state index contributed by atoms with van der Waals surface area (Å²) in [4.78, 5) is 31.0. The SMILES string of the molecule is CCc1c(-c2cc(Nc3cc4n(n3)CCN(C)C4)c(=O)n(C)c2)cc(F)cc1N1CCn2c(cc3c2CCCC3)C1=O. The predicted molar refractivity (Wildman–Crippen MR) is 161 cm³/mol. The number of nitrogens with one attached hydrogen (secondary N) is 1. The fraction of sp³-hybridized carbons (Fsp3) is 0.406. The van der Waals surface area contributed by atoms with Crippen molar-refractivity contribution in [2.45, 2.75) is 58.7 Å². The van der Waals surface area contributed by atoms with Crippen molar-refractivity contribution in [1.82, 2.24) is 23.8 Å². The summed E-state index contributed by atoms with van der Waals surface area (Å²) >= 11 is 0. The second kappa shape index (κ2) is 10.3. The molecule has 10 heteroatoms. The highest BCUT2D eigenvalue weighted by atomic mass is 19.1. The molecule has 0 spiro atoms. The van der Waals surface area contributed by atoms with Crippen molar-refractivity contribution < 1.29 is 9.18 Å². The number of aryl methyl sites for hydroxylation is 2. The van der Waals surface area contributed by atoms with Crippen LogP contribution in [0.15, 0.2) is 41.3 Å². The number of nitrogens with zero attached hydrogens (tertiary/aromatic N) is 6. The average Bonchev–Trinajstić information content (AvgIpc) is 3.56. The van der Waals surface area contributed by atoms with Gasteiger partial charge in [-0.25, -0.2) is 4.39 Å². The molecule has 1 aromatic carbocycles. The van der Waals surface area contributed by atoms with Crippen molar-refractivity contribution in [3.05, 3.63) is 80.9 Å². The number of amides is 1. The lowest BCUT2D eigenvalue weighted by Gasteiger charge is -2.32. The number of hydrogen-bond acceptors (Lipinski definition) is 5. The van der Waals surface area contributed by atoms with E-state index in [1.807, 2.05) is 23.7 Å². The highest BCUT2D eigenvalue weighted by molar-refractivity contribution is 6.07. The van der Waals surface area contributed by atoms with Crippen LogP contribution in [0.1, 0.15) is 52.8 Å². The summed E-state index contributed by atoms with van der Waals surface area (Å²) in [5.41, 5.74) is 7.35. The van der Waals surface area contributed by atoms with Crippen molar-refractivity contribution in [1.29, 1.82) is 0 Å². The lowest BCUT2D eigenvalue weighted by atomic mass is 9.95. The Morgan fingerprint density at radius 1 is 0.976 bits per heavy atom. The summed E-state index contributed by atoms with van der Waals surface area (Å²) < 4.78 is 21.0. The van der Waals surface area contributed by atoms with Gasteiger partial charge in [0.1, 0.15) is 17.2 Å². The molecule has 42 heavy (non-hydrogen) atoms. The summed E-state index contributed by atoms with van der Waals surface area (Å²) in [5.74, 6) is 0.105. The molecule has 0 saturated heterocycles. The highest BCUT2D eigenvalue weighted by Crippen LogP contribution is 2.37. The molecule has 0 bridgehead atoms. The lowest BCUT2D eigenvalue weighted by molar-refractivity contribution is 0.0964. The maximum atomic E-state index is 15.3. The summed E-state index contributed by atoms with van der Waals surface area (Å²) in [6.45, 7) is 5.71. The molecule has 0 saturated carbocycles. The number of halogens is 1. The third-order valence-electron chi connectivity index (χ3n) is 9.00. The largest absolute Gasteiger partial charge is 0.339 e. The molecule has 4 aromatic rings. The maximum absolute atomic E-state index is 15.3. The number of anilines is 3. The molecule has 0 unspecified atom stereocenters. The molecule has 2 aliphatic heterocycles. The van der Waals surface area contributed by atoms with E-state index in [0.29, 0.717) is 53.5 Å². The molecule has 0 atom stereocenters. The fourth-order valence-electron chi connectivity index (χ4n) is 6.90. The first-order valence-electron chi connectivity index (χ1n) is 14.9. The zero-order valence-electron chi connectivity index (χ0n) is 24.4. The average molecular weight is 570 g/mol. The molecule has 9 nitrogen and oxygen atoms in total. The Balaban J connectivity index is 1.26. The van der Waals surface area contributed by atoms with Crippen molar-refractivity contribution in [2.75, 3.05) is 30.4 Å². The second-order valence-electron chi connectivity index (χ2n) is 11.8. The van der Waals surface area contributed by atoms with Gasteiger partial charge in [0.15, 0.2) is 5.82 Å². The van der Waals surface area contributed by atoms with Crippen LogP contribution >= 0.6 is 0 Å². The molecular formula is C32H36FN7O2. The summed E-state index contributed by atoms with van der Waals surface area (Å²) in [6, 6.07) is 8.77. The molecule has 3 aliphatic rings. The number of aromatic nitrogens is 4. The van der Waals surface area contributed by atoms with E-state index < -0.39 is 5.82 Å². The monoisotopic (exact) mass is 569 g/mol. The highest BCUT2D eigenvalue weighted by Gasteiger charge is 2.32. The Hall–Kier alpha value is -4.18. The Morgan fingerprint density at radius 2 is 1.81 bits per heavy atom. The second-order valence-corrected chi connectivity index (χ2v) is 11.8. The summed E-state index contributed by atoms with van der Waals surface area (Å²) in [7, 11) is 3.77. The quantitative estimate of drug-likeness (QED) is 0.384. The zero-order valence-corrected chi connectivity index (χ0v) is 24.4. The third kappa shape index (κ3) is 4.45. The van der Waals surface area contributed by atoms with Gasteiger partial charge in [0.05, 0.1) is 17.9 Å². The molecule has 3 aromatic heterocycles. The fourth-order valence-corrected chi connectivity index (χ4v) is 6.90. The summed E-state index contributed by atoms with van der Waals surface area (Å²) in [5, 5.41) is 7.87. The minimum absolute atomic E-state index is 0.0842. The molecule has 218 valence electrons. The van der Waals surface area contributed by atoms with Gasteiger partial charge in [-0.05, 0) is 80.1 Å². The molecule has 7 rings (SSSR count). The van der Waals surface area contributed by atoms with Crippen LogP contribution in [0, 0.1) is 5.82 Å². The first-order chi connectivity index (χ1) is 20.3. The number of carbonyl (C=O) groups excluding carboxylic acids is 1. The van der Waals surface area contributed by atoms with Gasteiger partial charge in [0, 0.05) is 56.7 Å². The van der Waals surface area contributed by atoms with Crippen molar-refractivity contribution in [2.24, 2.45) is 7.05 Å². The lowest BCUT2D eigenvalue weighted by Crippen LogP contribution is -2.41. The van der Waals surface area contributed by atoms with Crippen LogP contribution in [0.2, 0.25) is 0 Å². The molecule has 1 N–H and O–H groups in total. The number of hydrogen-bond donors (Lipinski definition) is 1. The number of rotatable bonds is 5. The van der Waals surface area contributed by atoms with Gasteiger partial charge in [0.25, 0.3) is 11.5 Å². The maximum Gasteiger partial charge on any atom is 0.274 e. The Labute approximate surface area is 244 Å². The Bertz CT molecular complexity index is 1780. The molecule has 1 amide bonds. The standard InChI is InChI=1S/C32H36FN7O2/c1-4-24-25(21-13-26(31(41)37(3)18-21)34-30-17-23-19-36(2)9-12-40(23)35-30)15-22(33)16-28(24)39-11-10-38-27-8-6-5-7-20(27)14-29(38)32(39)42/h13-18H,4-12,19H2,1-3H3,(H,34,35). The number of pyridine rings is 1. The van der Waals surface area contributed by atoms with Crippen LogP contribution in [0.4, 0.5) is 21.6 Å². The van der Waals surface area contributed by atoms with E-state index in [1.165, 1.54) is 28.0 Å². The zero-order chi connectivity index (χ0) is 29.1. The smallest absolute Gasteiger partial charge is 0.274 e. The van der Waals surface area contributed by atoms with E-state index in [4.69, 9.17) is 0 Å². The first kappa shape index (κ1) is 26.7. The molecule has 0 fully saturated rings. The topological polar surface area (TPSA) is 80.3 Å².